The molecule has 0 saturated heterocycles. The Balaban J connectivity index is 1.48. The molecule has 3 aromatic heterocycles. The maximum atomic E-state index is 12.4. The molecular weight excluding hydrogens is 404 g/mol. The van der Waals surface area contributed by atoms with Crippen LogP contribution in [0.4, 0.5) is 0 Å². The van der Waals surface area contributed by atoms with E-state index in [0.717, 1.165) is 10.4 Å². The van der Waals surface area contributed by atoms with Crippen molar-refractivity contribution in [1.29, 1.82) is 0 Å². The molecule has 0 aliphatic carbocycles. The summed E-state index contributed by atoms with van der Waals surface area (Å²) in [6, 6.07) is 17.8. The van der Waals surface area contributed by atoms with Gasteiger partial charge in [0.2, 0.25) is 11.7 Å². The molecule has 4 rings (SSSR count). The average molecular weight is 425 g/mol. The second kappa shape index (κ2) is 9.11. The first-order chi connectivity index (χ1) is 14.2. The summed E-state index contributed by atoms with van der Waals surface area (Å²) in [6.45, 7) is 2.58. The SMILES string of the molecule is CC(NC(=O)CSc1nnc(-c2ccco2)n1Cc1ccccc1)c1cccs1. The van der Waals surface area contributed by atoms with Crippen LogP contribution in [0, 0.1) is 0 Å². The molecule has 0 aliphatic rings. The van der Waals surface area contributed by atoms with Crippen LogP contribution < -0.4 is 5.32 Å². The summed E-state index contributed by atoms with van der Waals surface area (Å²) in [5.74, 6) is 1.52. The fourth-order valence-electron chi connectivity index (χ4n) is 2.91. The van der Waals surface area contributed by atoms with Gasteiger partial charge in [0, 0.05) is 4.88 Å². The fraction of sp³-hybridized carbons (Fsp3) is 0.190. The number of nitrogens with one attached hydrogen (secondary N) is 1. The normalized spacial score (nSPS) is 12.0. The van der Waals surface area contributed by atoms with Gasteiger partial charge in [0.15, 0.2) is 10.9 Å². The molecule has 8 heteroatoms. The highest BCUT2D eigenvalue weighted by molar-refractivity contribution is 7.99. The molecule has 1 atom stereocenters. The van der Waals surface area contributed by atoms with Gasteiger partial charge in [0.1, 0.15) is 0 Å². The molecule has 1 amide bonds. The van der Waals surface area contributed by atoms with Crippen LogP contribution in [-0.2, 0) is 11.3 Å². The van der Waals surface area contributed by atoms with Gasteiger partial charge in [-0.05, 0) is 36.1 Å². The molecule has 148 valence electrons. The van der Waals surface area contributed by atoms with Crippen molar-refractivity contribution in [2.75, 3.05) is 5.75 Å². The Hall–Kier alpha value is -2.84. The van der Waals surface area contributed by atoms with Crippen LogP contribution in [0.3, 0.4) is 0 Å². The zero-order chi connectivity index (χ0) is 20.1. The Morgan fingerprint density at radius 3 is 2.76 bits per heavy atom. The number of hydrogen-bond donors (Lipinski definition) is 1. The van der Waals surface area contributed by atoms with E-state index >= 15 is 0 Å². The molecule has 3 heterocycles. The van der Waals surface area contributed by atoms with Crippen molar-refractivity contribution in [2.24, 2.45) is 0 Å². The number of thiophene rings is 1. The number of aromatic nitrogens is 3. The van der Waals surface area contributed by atoms with Crippen LogP contribution in [0.1, 0.15) is 23.4 Å². The van der Waals surface area contributed by atoms with Crippen LogP contribution in [-0.4, -0.2) is 26.4 Å². The van der Waals surface area contributed by atoms with Crippen molar-refractivity contribution < 1.29 is 9.21 Å². The Bertz CT molecular complexity index is 1040. The van der Waals surface area contributed by atoms with Gasteiger partial charge in [-0.1, -0.05) is 48.2 Å². The molecule has 4 aromatic rings. The Morgan fingerprint density at radius 1 is 1.17 bits per heavy atom. The third-order valence-electron chi connectivity index (χ3n) is 4.32. The molecule has 0 spiro atoms. The summed E-state index contributed by atoms with van der Waals surface area (Å²) in [7, 11) is 0. The van der Waals surface area contributed by atoms with Crippen LogP contribution in [0.2, 0.25) is 0 Å². The highest BCUT2D eigenvalue weighted by atomic mass is 32.2. The maximum Gasteiger partial charge on any atom is 0.230 e. The number of rotatable bonds is 8. The first kappa shape index (κ1) is 19.5. The zero-order valence-corrected chi connectivity index (χ0v) is 17.5. The fourth-order valence-corrected chi connectivity index (χ4v) is 4.40. The molecule has 0 aliphatic heterocycles. The third kappa shape index (κ3) is 4.78. The maximum absolute atomic E-state index is 12.4. The van der Waals surface area contributed by atoms with Gasteiger partial charge in [-0.15, -0.1) is 21.5 Å². The number of benzene rings is 1. The lowest BCUT2D eigenvalue weighted by molar-refractivity contribution is -0.119. The van der Waals surface area contributed by atoms with Crippen LogP contribution in [0.15, 0.2) is 75.8 Å². The number of carbonyl (C=O) groups excluding carboxylic acids is 1. The minimum Gasteiger partial charge on any atom is -0.461 e. The summed E-state index contributed by atoms with van der Waals surface area (Å²) < 4.78 is 7.50. The van der Waals surface area contributed by atoms with Crippen molar-refractivity contribution in [3.8, 4) is 11.6 Å². The first-order valence-corrected chi connectivity index (χ1v) is 11.0. The Kier molecular flexibility index (Phi) is 6.12. The van der Waals surface area contributed by atoms with E-state index in [-0.39, 0.29) is 17.7 Å². The van der Waals surface area contributed by atoms with Gasteiger partial charge in [-0.25, -0.2) is 0 Å². The van der Waals surface area contributed by atoms with E-state index in [4.69, 9.17) is 4.42 Å². The smallest absolute Gasteiger partial charge is 0.230 e. The number of thioether (sulfide) groups is 1. The van der Waals surface area contributed by atoms with E-state index < -0.39 is 0 Å². The number of furan rings is 1. The van der Waals surface area contributed by atoms with E-state index in [2.05, 4.69) is 27.6 Å². The molecule has 0 fully saturated rings. The molecular formula is C21H20N4O2S2. The highest BCUT2D eigenvalue weighted by Gasteiger charge is 2.18. The number of nitrogens with zero attached hydrogens (tertiary/aromatic N) is 3. The second-order valence-corrected chi connectivity index (χ2v) is 8.37. The zero-order valence-electron chi connectivity index (χ0n) is 15.8. The van der Waals surface area contributed by atoms with Gasteiger partial charge in [-0.2, -0.15) is 0 Å². The number of carbonyl (C=O) groups is 1. The van der Waals surface area contributed by atoms with Gasteiger partial charge in [0.05, 0.1) is 24.6 Å². The Labute approximate surface area is 177 Å². The van der Waals surface area contributed by atoms with E-state index in [9.17, 15) is 4.79 Å². The molecule has 1 N–H and O–H groups in total. The minimum absolute atomic E-state index is 0.0102. The molecule has 0 saturated carbocycles. The molecule has 29 heavy (non-hydrogen) atoms. The predicted molar refractivity (Wildman–Crippen MR) is 115 cm³/mol. The van der Waals surface area contributed by atoms with Crippen molar-refractivity contribution in [2.45, 2.75) is 24.7 Å². The lowest BCUT2D eigenvalue weighted by Gasteiger charge is -2.12. The second-order valence-electron chi connectivity index (χ2n) is 6.45. The average Bonchev–Trinajstić information content (AvgIpc) is 3.49. The standard InChI is InChI=1S/C21H20N4O2S2/c1-15(18-10-6-12-28-18)22-19(26)14-29-21-24-23-20(17-9-5-11-27-17)25(21)13-16-7-3-2-4-8-16/h2-12,15H,13-14H2,1H3,(H,22,26). The quantitative estimate of drug-likeness (QED) is 0.418. The summed E-state index contributed by atoms with van der Waals surface area (Å²) in [5, 5.41) is 14.3. The highest BCUT2D eigenvalue weighted by Crippen LogP contribution is 2.26. The third-order valence-corrected chi connectivity index (χ3v) is 6.34. The lowest BCUT2D eigenvalue weighted by atomic mass is 10.2. The largest absolute Gasteiger partial charge is 0.461 e. The van der Waals surface area contributed by atoms with Gasteiger partial charge < -0.3 is 9.73 Å². The predicted octanol–water partition coefficient (Wildman–Crippen LogP) is 4.62. The topological polar surface area (TPSA) is 73.0 Å². The van der Waals surface area contributed by atoms with Crippen molar-refractivity contribution in [3.63, 3.8) is 0 Å². The molecule has 1 aromatic carbocycles. The lowest BCUT2D eigenvalue weighted by Crippen LogP contribution is -2.27. The molecule has 1 unspecified atom stereocenters. The van der Waals surface area contributed by atoms with Gasteiger partial charge >= 0.3 is 0 Å². The van der Waals surface area contributed by atoms with Gasteiger partial charge in [0.25, 0.3) is 0 Å². The van der Waals surface area contributed by atoms with Crippen molar-refractivity contribution in [1.82, 2.24) is 20.1 Å². The van der Waals surface area contributed by atoms with Crippen LogP contribution in [0.25, 0.3) is 11.6 Å². The van der Waals surface area contributed by atoms with Crippen molar-refractivity contribution in [3.05, 3.63) is 76.7 Å². The Morgan fingerprint density at radius 2 is 2.03 bits per heavy atom. The van der Waals surface area contributed by atoms with E-state index in [0.29, 0.717) is 23.3 Å². The van der Waals surface area contributed by atoms with Crippen LogP contribution in [0.5, 0.6) is 0 Å². The first-order valence-electron chi connectivity index (χ1n) is 9.17. The minimum atomic E-state index is -0.0373. The summed E-state index contributed by atoms with van der Waals surface area (Å²) in [5.41, 5.74) is 1.12. The number of hydrogen-bond acceptors (Lipinski definition) is 6. The van der Waals surface area contributed by atoms with Crippen molar-refractivity contribution >= 4 is 29.0 Å². The van der Waals surface area contributed by atoms with Gasteiger partial charge in [-0.3, -0.25) is 9.36 Å². The summed E-state index contributed by atoms with van der Waals surface area (Å²) in [4.78, 5) is 13.6. The summed E-state index contributed by atoms with van der Waals surface area (Å²) in [6.07, 6.45) is 1.61. The van der Waals surface area contributed by atoms with E-state index in [1.165, 1.54) is 11.8 Å². The molecule has 6 nitrogen and oxygen atoms in total. The molecule has 0 radical (unpaired) electrons. The monoisotopic (exact) mass is 424 g/mol. The van der Waals surface area contributed by atoms with E-state index in [1.807, 2.05) is 59.3 Å². The van der Waals surface area contributed by atoms with E-state index in [1.54, 1.807) is 17.6 Å². The van der Waals surface area contributed by atoms with Crippen LogP contribution >= 0.6 is 23.1 Å². The number of amides is 1. The molecule has 0 bridgehead atoms. The summed E-state index contributed by atoms with van der Waals surface area (Å²) >= 11 is 3.01.